The minimum absolute atomic E-state index is 0.213. The maximum absolute atomic E-state index is 10.8. The van der Waals surface area contributed by atoms with Gasteiger partial charge in [0.2, 0.25) is 0 Å². The minimum atomic E-state index is -0.638. The number of hydrogen-bond donors (Lipinski definition) is 2. The van der Waals surface area contributed by atoms with Crippen LogP contribution in [0.5, 0.6) is 0 Å². The Kier molecular flexibility index (Phi) is 2.90. The summed E-state index contributed by atoms with van der Waals surface area (Å²) in [5.41, 5.74) is 6.38. The molecule has 1 heterocycles. The van der Waals surface area contributed by atoms with Gasteiger partial charge in [0.05, 0.1) is 5.60 Å². The third kappa shape index (κ3) is 2.44. The second-order valence-corrected chi connectivity index (χ2v) is 6.27. The van der Waals surface area contributed by atoms with Gasteiger partial charge in [-0.3, -0.25) is 0 Å². The van der Waals surface area contributed by atoms with Crippen LogP contribution in [-0.4, -0.2) is 15.7 Å². The zero-order valence-corrected chi connectivity index (χ0v) is 10.9. The number of hydrogen-bond acceptors (Lipinski definition) is 3. The molecule has 0 amide bonds. The first-order valence-corrected chi connectivity index (χ1v) is 6.24. The molecule has 3 N–H and O–H groups in total. The molecule has 0 spiro atoms. The van der Waals surface area contributed by atoms with E-state index in [9.17, 15) is 5.11 Å². The molecular formula is C14H22N2O. The Hall–Kier alpha value is -1.09. The lowest BCUT2D eigenvalue weighted by molar-refractivity contribution is 0.00454. The molecule has 2 rings (SSSR count). The quantitative estimate of drug-likeness (QED) is 0.826. The van der Waals surface area contributed by atoms with E-state index in [-0.39, 0.29) is 5.41 Å². The Morgan fingerprint density at radius 1 is 1.53 bits per heavy atom. The third-order valence-electron chi connectivity index (χ3n) is 3.98. The number of aliphatic hydroxyl groups is 1. The van der Waals surface area contributed by atoms with E-state index in [2.05, 4.69) is 25.8 Å². The fourth-order valence-corrected chi connectivity index (χ4v) is 3.26. The summed E-state index contributed by atoms with van der Waals surface area (Å²) in [7, 11) is 0. The molecule has 0 saturated heterocycles. The van der Waals surface area contributed by atoms with Gasteiger partial charge in [-0.15, -0.1) is 0 Å². The van der Waals surface area contributed by atoms with Crippen LogP contribution in [0.1, 0.15) is 39.2 Å². The van der Waals surface area contributed by atoms with Crippen molar-refractivity contribution in [2.24, 2.45) is 11.3 Å². The van der Waals surface area contributed by atoms with Gasteiger partial charge < -0.3 is 10.8 Å². The van der Waals surface area contributed by atoms with Gasteiger partial charge in [-0.2, -0.15) is 0 Å². The molecule has 3 heteroatoms. The number of aromatic nitrogens is 1. The molecular weight excluding hydrogens is 212 g/mol. The van der Waals surface area contributed by atoms with Crippen molar-refractivity contribution in [2.45, 2.75) is 45.6 Å². The molecule has 1 aromatic rings. The Balaban J connectivity index is 2.21. The zero-order valence-electron chi connectivity index (χ0n) is 10.9. The van der Waals surface area contributed by atoms with Crippen molar-refractivity contribution in [1.29, 1.82) is 0 Å². The number of rotatable bonds is 2. The molecule has 0 radical (unpaired) electrons. The predicted octanol–water partition coefficient (Wildman–Crippen LogP) is 2.39. The number of nitrogens with zero attached hydrogens (tertiary/aromatic N) is 1. The van der Waals surface area contributed by atoms with E-state index in [0.717, 1.165) is 18.4 Å². The summed E-state index contributed by atoms with van der Waals surface area (Å²) in [6.45, 7) is 6.56. The number of nitrogens with two attached hydrogens (primary N) is 1. The molecule has 1 saturated carbocycles. The number of pyridine rings is 1. The molecule has 1 aliphatic rings. The van der Waals surface area contributed by atoms with Crippen LogP contribution in [0.4, 0.5) is 5.82 Å². The van der Waals surface area contributed by atoms with Gasteiger partial charge in [0.25, 0.3) is 0 Å². The summed E-state index contributed by atoms with van der Waals surface area (Å²) in [5.74, 6) is 0.843. The van der Waals surface area contributed by atoms with Crippen molar-refractivity contribution in [3.05, 3.63) is 23.9 Å². The van der Waals surface area contributed by atoms with E-state index >= 15 is 0 Å². The summed E-state index contributed by atoms with van der Waals surface area (Å²) in [6, 6.07) is 3.83. The molecule has 1 aromatic heterocycles. The normalized spacial score (nSPS) is 31.6. The van der Waals surface area contributed by atoms with Crippen LogP contribution in [-0.2, 0) is 6.42 Å². The van der Waals surface area contributed by atoms with E-state index < -0.39 is 5.60 Å². The first-order valence-electron chi connectivity index (χ1n) is 6.24. The van der Waals surface area contributed by atoms with E-state index in [1.165, 1.54) is 0 Å². The monoisotopic (exact) mass is 234 g/mol. The summed E-state index contributed by atoms with van der Waals surface area (Å²) >= 11 is 0. The molecule has 3 nitrogen and oxygen atoms in total. The van der Waals surface area contributed by atoms with Gasteiger partial charge in [-0.1, -0.05) is 26.8 Å². The number of anilines is 1. The van der Waals surface area contributed by atoms with Crippen LogP contribution < -0.4 is 5.73 Å². The lowest BCUT2D eigenvalue weighted by atomic mass is 9.84. The molecule has 17 heavy (non-hydrogen) atoms. The molecule has 0 aromatic carbocycles. The van der Waals surface area contributed by atoms with Crippen molar-refractivity contribution < 1.29 is 5.11 Å². The van der Waals surface area contributed by atoms with Crippen molar-refractivity contribution >= 4 is 5.82 Å². The standard InChI is InChI=1S/C14H22N2O/c1-10-7-13(2,3)9-14(10,17)8-11-5-4-6-16-12(11)15/h4-6,10,17H,7-9H2,1-3H3,(H2,15,16). The average Bonchev–Trinajstić information content (AvgIpc) is 2.39. The zero-order chi connectivity index (χ0) is 12.7. The van der Waals surface area contributed by atoms with Crippen LogP contribution >= 0.6 is 0 Å². The molecule has 0 bridgehead atoms. The Bertz CT molecular complexity index is 416. The SMILES string of the molecule is CC1CC(C)(C)CC1(O)Cc1cccnc1N. The fraction of sp³-hybridized carbons (Fsp3) is 0.643. The lowest BCUT2D eigenvalue weighted by Gasteiger charge is -2.29. The molecule has 94 valence electrons. The van der Waals surface area contributed by atoms with Gasteiger partial charge in [-0.05, 0) is 35.8 Å². The summed E-state index contributed by atoms with van der Waals surface area (Å²) in [5, 5.41) is 10.8. The molecule has 1 fully saturated rings. The van der Waals surface area contributed by atoms with Crippen LogP contribution in [0.25, 0.3) is 0 Å². The highest BCUT2D eigenvalue weighted by Crippen LogP contribution is 2.48. The van der Waals surface area contributed by atoms with Gasteiger partial charge in [-0.25, -0.2) is 4.98 Å². The Labute approximate surface area is 103 Å². The van der Waals surface area contributed by atoms with E-state index in [1.807, 2.05) is 12.1 Å². The fourth-order valence-electron chi connectivity index (χ4n) is 3.26. The van der Waals surface area contributed by atoms with E-state index in [1.54, 1.807) is 6.20 Å². The topological polar surface area (TPSA) is 59.1 Å². The van der Waals surface area contributed by atoms with E-state index in [4.69, 9.17) is 5.73 Å². The third-order valence-corrected chi connectivity index (χ3v) is 3.98. The smallest absolute Gasteiger partial charge is 0.126 e. The molecule has 0 aliphatic heterocycles. The maximum Gasteiger partial charge on any atom is 0.126 e. The van der Waals surface area contributed by atoms with Crippen LogP contribution in [0, 0.1) is 11.3 Å². The summed E-state index contributed by atoms with van der Waals surface area (Å²) in [6.07, 6.45) is 4.18. The lowest BCUT2D eigenvalue weighted by Crippen LogP contribution is -2.35. The molecule has 1 aliphatic carbocycles. The van der Waals surface area contributed by atoms with Crippen molar-refractivity contribution in [3.63, 3.8) is 0 Å². The minimum Gasteiger partial charge on any atom is -0.389 e. The van der Waals surface area contributed by atoms with Gasteiger partial charge in [0.1, 0.15) is 5.82 Å². The van der Waals surface area contributed by atoms with Gasteiger partial charge >= 0.3 is 0 Å². The van der Waals surface area contributed by atoms with E-state index in [0.29, 0.717) is 18.2 Å². The summed E-state index contributed by atoms with van der Waals surface area (Å²) < 4.78 is 0. The Morgan fingerprint density at radius 3 is 2.76 bits per heavy atom. The second-order valence-electron chi connectivity index (χ2n) is 6.27. The highest BCUT2D eigenvalue weighted by molar-refractivity contribution is 5.39. The largest absolute Gasteiger partial charge is 0.389 e. The molecule has 2 unspecified atom stereocenters. The molecule has 2 atom stereocenters. The maximum atomic E-state index is 10.8. The summed E-state index contributed by atoms with van der Waals surface area (Å²) in [4.78, 5) is 4.08. The first-order chi connectivity index (χ1) is 7.82. The highest BCUT2D eigenvalue weighted by Gasteiger charge is 2.47. The first kappa shape index (κ1) is 12.4. The average molecular weight is 234 g/mol. The van der Waals surface area contributed by atoms with Gasteiger partial charge in [0, 0.05) is 12.6 Å². The Morgan fingerprint density at radius 2 is 2.24 bits per heavy atom. The van der Waals surface area contributed by atoms with Crippen molar-refractivity contribution in [2.75, 3.05) is 5.73 Å². The van der Waals surface area contributed by atoms with Crippen LogP contribution in [0.2, 0.25) is 0 Å². The second kappa shape index (κ2) is 3.98. The van der Waals surface area contributed by atoms with Crippen molar-refractivity contribution in [3.8, 4) is 0 Å². The number of nitrogen functional groups attached to an aromatic ring is 1. The van der Waals surface area contributed by atoms with Crippen molar-refractivity contribution in [1.82, 2.24) is 4.98 Å². The van der Waals surface area contributed by atoms with Crippen LogP contribution in [0.15, 0.2) is 18.3 Å². The highest BCUT2D eigenvalue weighted by atomic mass is 16.3. The predicted molar refractivity (Wildman–Crippen MR) is 69.5 cm³/mol. The van der Waals surface area contributed by atoms with Gasteiger partial charge in [0.15, 0.2) is 0 Å². The van der Waals surface area contributed by atoms with Crippen LogP contribution in [0.3, 0.4) is 0 Å².